The highest BCUT2D eigenvalue weighted by atomic mass is 32.2. The quantitative estimate of drug-likeness (QED) is 0.475. The molecule has 0 saturated carbocycles. The highest BCUT2D eigenvalue weighted by molar-refractivity contribution is 7.90. The highest BCUT2D eigenvalue weighted by Crippen LogP contribution is 2.39. The molecule has 0 unspecified atom stereocenters. The lowest BCUT2D eigenvalue weighted by molar-refractivity contribution is 0.0981. The van der Waals surface area contributed by atoms with Crippen molar-refractivity contribution in [1.29, 1.82) is 0 Å². The normalized spacial score (nSPS) is 16.9. The molecular formula is C26H31N5O5S. The van der Waals surface area contributed by atoms with E-state index in [-0.39, 0.29) is 21.8 Å². The Hall–Kier alpha value is -3.86. The van der Waals surface area contributed by atoms with Gasteiger partial charge in [-0.05, 0) is 68.7 Å². The first-order valence-corrected chi connectivity index (χ1v) is 13.2. The lowest BCUT2D eigenvalue weighted by Crippen LogP contribution is -2.41. The molecule has 10 nitrogen and oxygen atoms in total. The first-order chi connectivity index (χ1) is 17.5. The van der Waals surface area contributed by atoms with E-state index in [0.29, 0.717) is 35.5 Å². The van der Waals surface area contributed by atoms with E-state index in [9.17, 15) is 13.2 Å². The SMILES string of the molecule is COc1ccc(-c2ccc(C(=O)NS(=O)(=O)c3cccnc3N)c(N3C[C@@H](C)CC3(C)C)n2)cc1OC. The standard InChI is InChI=1S/C26H31N5O5S/c1-16-14-26(2,3)31(15-16)24-18(25(32)30-37(33,34)22-7-6-12-28-23(22)27)9-10-19(29-24)17-8-11-20(35-4)21(13-17)36-5/h6-13,16H,14-15H2,1-5H3,(H2,27,28)(H,30,32)/t16-/m0/s1. The van der Waals surface area contributed by atoms with Crippen LogP contribution in [-0.2, 0) is 10.0 Å². The minimum Gasteiger partial charge on any atom is -0.493 e. The van der Waals surface area contributed by atoms with Crippen LogP contribution < -0.4 is 24.8 Å². The number of carbonyl (C=O) groups is 1. The number of nitrogens with zero attached hydrogens (tertiary/aromatic N) is 3. The van der Waals surface area contributed by atoms with Crippen molar-refractivity contribution in [2.45, 2.75) is 37.6 Å². The second kappa shape index (κ2) is 9.89. The van der Waals surface area contributed by atoms with E-state index in [2.05, 4.69) is 35.4 Å². The van der Waals surface area contributed by atoms with Gasteiger partial charge in [0.15, 0.2) is 11.5 Å². The molecule has 0 spiro atoms. The molecular weight excluding hydrogens is 494 g/mol. The van der Waals surface area contributed by atoms with Crippen LogP contribution in [0.4, 0.5) is 11.6 Å². The fourth-order valence-corrected chi connectivity index (χ4v) is 5.86. The number of rotatable bonds is 7. The molecule has 4 rings (SSSR count). The molecule has 0 bridgehead atoms. The van der Waals surface area contributed by atoms with Crippen molar-refractivity contribution in [3.8, 4) is 22.8 Å². The average molecular weight is 526 g/mol. The monoisotopic (exact) mass is 525 g/mol. The van der Waals surface area contributed by atoms with Crippen LogP contribution in [0.25, 0.3) is 11.3 Å². The van der Waals surface area contributed by atoms with Crippen molar-refractivity contribution >= 4 is 27.6 Å². The van der Waals surface area contributed by atoms with Crippen LogP contribution >= 0.6 is 0 Å². The summed E-state index contributed by atoms with van der Waals surface area (Å²) in [6.45, 7) is 6.96. The fourth-order valence-electron chi connectivity index (χ4n) is 4.81. The average Bonchev–Trinajstić information content (AvgIpc) is 3.14. The van der Waals surface area contributed by atoms with Crippen molar-refractivity contribution < 1.29 is 22.7 Å². The molecule has 3 N–H and O–H groups in total. The molecule has 196 valence electrons. The number of benzene rings is 1. The molecule has 37 heavy (non-hydrogen) atoms. The number of nitrogens with one attached hydrogen (secondary N) is 1. The van der Waals surface area contributed by atoms with Gasteiger partial charge < -0.3 is 20.1 Å². The van der Waals surface area contributed by atoms with Crippen molar-refractivity contribution in [1.82, 2.24) is 14.7 Å². The summed E-state index contributed by atoms with van der Waals surface area (Å²) < 4.78 is 38.8. The summed E-state index contributed by atoms with van der Waals surface area (Å²) >= 11 is 0. The van der Waals surface area contributed by atoms with Gasteiger partial charge in [-0.25, -0.2) is 23.1 Å². The van der Waals surface area contributed by atoms with Crippen LogP contribution in [0.5, 0.6) is 11.5 Å². The number of hydrogen-bond donors (Lipinski definition) is 2. The third kappa shape index (κ3) is 5.17. The first kappa shape index (κ1) is 26.2. The Bertz CT molecular complexity index is 1440. The number of aromatic nitrogens is 2. The molecule has 0 aliphatic carbocycles. The molecule has 3 heterocycles. The van der Waals surface area contributed by atoms with Crippen LogP contribution in [0.1, 0.15) is 37.6 Å². The van der Waals surface area contributed by atoms with Gasteiger partial charge in [-0.1, -0.05) is 6.92 Å². The van der Waals surface area contributed by atoms with Gasteiger partial charge in [-0.3, -0.25) is 4.79 Å². The van der Waals surface area contributed by atoms with E-state index in [1.165, 1.54) is 18.3 Å². The molecule has 1 aromatic carbocycles. The van der Waals surface area contributed by atoms with Crippen LogP contribution in [0, 0.1) is 5.92 Å². The molecule has 1 atom stereocenters. The number of sulfonamides is 1. The summed E-state index contributed by atoms with van der Waals surface area (Å²) in [6, 6.07) is 11.4. The van der Waals surface area contributed by atoms with E-state index in [4.69, 9.17) is 20.2 Å². The zero-order valence-corrected chi connectivity index (χ0v) is 22.3. The van der Waals surface area contributed by atoms with Gasteiger partial charge in [-0.2, -0.15) is 0 Å². The number of hydrogen-bond acceptors (Lipinski definition) is 9. The van der Waals surface area contributed by atoms with Gasteiger partial charge in [0.2, 0.25) is 0 Å². The zero-order chi connectivity index (χ0) is 27.0. The minimum absolute atomic E-state index is 0.137. The van der Waals surface area contributed by atoms with E-state index in [0.717, 1.165) is 12.0 Å². The van der Waals surface area contributed by atoms with Gasteiger partial charge in [0.1, 0.15) is 16.5 Å². The Labute approximate surface area is 216 Å². The topological polar surface area (TPSA) is 137 Å². The van der Waals surface area contributed by atoms with Crippen LogP contribution in [0.15, 0.2) is 53.6 Å². The Morgan fingerprint density at radius 1 is 1.14 bits per heavy atom. The van der Waals surface area contributed by atoms with Crippen molar-refractivity contribution in [3.05, 3.63) is 54.2 Å². The minimum atomic E-state index is -4.26. The Morgan fingerprint density at radius 2 is 1.86 bits per heavy atom. The van der Waals surface area contributed by atoms with E-state index in [1.807, 2.05) is 6.07 Å². The van der Waals surface area contributed by atoms with Gasteiger partial charge in [0, 0.05) is 23.8 Å². The maximum atomic E-state index is 13.4. The van der Waals surface area contributed by atoms with E-state index < -0.39 is 15.9 Å². The predicted molar refractivity (Wildman–Crippen MR) is 141 cm³/mol. The summed E-state index contributed by atoms with van der Waals surface area (Å²) in [5, 5.41) is 0. The van der Waals surface area contributed by atoms with Crippen LogP contribution in [-0.4, -0.2) is 50.6 Å². The molecule has 0 radical (unpaired) electrons. The third-order valence-electron chi connectivity index (χ3n) is 6.44. The van der Waals surface area contributed by atoms with Crippen molar-refractivity contribution in [2.24, 2.45) is 5.92 Å². The zero-order valence-electron chi connectivity index (χ0n) is 21.5. The second-order valence-corrected chi connectivity index (χ2v) is 11.3. The van der Waals surface area contributed by atoms with Gasteiger partial charge in [0.05, 0.1) is 25.5 Å². The number of nitrogen functional groups attached to an aromatic ring is 1. The number of pyridine rings is 2. The summed E-state index contributed by atoms with van der Waals surface area (Å²) in [5.41, 5.74) is 6.94. The Balaban J connectivity index is 1.79. The molecule has 3 aromatic rings. The smallest absolute Gasteiger partial charge is 0.268 e. The van der Waals surface area contributed by atoms with Crippen LogP contribution in [0.2, 0.25) is 0 Å². The molecule has 1 aliphatic heterocycles. The first-order valence-electron chi connectivity index (χ1n) is 11.8. The Morgan fingerprint density at radius 3 is 2.49 bits per heavy atom. The summed E-state index contributed by atoms with van der Waals surface area (Å²) in [5.74, 6) is 0.876. The van der Waals surface area contributed by atoms with Crippen LogP contribution in [0.3, 0.4) is 0 Å². The number of amides is 1. The third-order valence-corrected chi connectivity index (χ3v) is 7.82. The molecule has 1 aliphatic rings. The van der Waals surface area contributed by atoms with Gasteiger partial charge in [0.25, 0.3) is 15.9 Å². The summed E-state index contributed by atoms with van der Waals surface area (Å²) in [4.78, 5) is 23.9. The number of nitrogens with two attached hydrogens (primary N) is 1. The van der Waals surface area contributed by atoms with E-state index in [1.54, 1.807) is 38.5 Å². The van der Waals surface area contributed by atoms with Crippen molar-refractivity contribution in [2.75, 3.05) is 31.4 Å². The largest absolute Gasteiger partial charge is 0.493 e. The molecule has 1 fully saturated rings. The molecule has 1 saturated heterocycles. The number of ether oxygens (including phenoxy) is 2. The summed E-state index contributed by atoms with van der Waals surface area (Å²) in [6.07, 6.45) is 2.27. The van der Waals surface area contributed by atoms with Gasteiger partial charge in [-0.15, -0.1) is 0 Å². The van der Waals surface area contributed by atoms with E-state index >= 15 is 0 Å². The number of carbonyl (C=O) groups excluding carboxylic acids is 1. The molecule has 11 heteroatoms. The van der Waals surface area contributed by atoms with Crippen molar-refractivity contribution in [3.63, 3.8) is 0 Å². The highest BCUT2D eigenvalue weighted by Gasteiger charge is 2.39. The fraction of sp³-hybridized carbons (Fsp3) is 0.346. The number of methoxy groups -OCH3 is 2. The lowest BCUT2D eigenvalue weighted by atomic mass is 9.97. The molecule has 2 aromatic heterocycles. The maximum Gasteiger partial charge on any atom is 0.268 e. The second-order valence-electron chi connectivity index (χ2n) is 9.69. The predicted octanol–water partition coefficient (Wildman–Crippen LogP) is 3.49. The lowest BCUT2D eigenvalue weighted by Gasteiger charge is -2.34. The maximum absolute atomic E-state index is 13.4. The molecule has 1 amide bonds. The summed E-state index contributed by atoms with van der Waals surface area (Å²) in [7, 11) is -1.15. The Kier molecular flexibility index (Phi) is 7.00. The van der Waals surface area contributed by atoms with Gasteiger partial charge >= 0.3 is 0 Å². The number of anilines is 2.